The van der Waals surface area contributed by atoms with Gasteiger partial charge in [-0.1, -0.05) is 19.3 Å². The van der Waals surface area contributed by atoms with E-state index in [9.17, 15) is 9.90 Å². The third kappa shape index (κ3) is 4.08. The number of aliphatic hydroxyl groups excluding tert-OH is 1. The topological polar surface area (TPSA) is 55.8 Å². The maximum absolute atomic E-state index is 12.5. The van der Waals surface area contributed by atoms with E-state index < -0.39 is 6.10 Å². The first-order valence-electron chi connectivity index (χ1n) is 9.69. The van der Waals surface area contributed by atoms with E-state index in [0.717, 1.165) is 51.6 Å². The van der Waals surface area contributed by atoms with Crippen LogP contribution in [0.15, 0.2) is 0 Å². The molecule has 4 atom stereocenters. The van der Waals surface area contributed by atoms with Crippen molar-refractivity contribution in [1.82, 2.24) is 0 Å². The summed E-state index contributed by atoms with van der Waals surface area (Å²) in [6.45, 7) is 2.78. The highest BCUT2D eigenvalue weighted by atomic mass is 16.5. The van der Waals surface area contributed by atoms with E-state index in [2.05, 4.69) is 0 Å². The summed E-state index contributed by atoms with van der Waals surface area (Å²) in [7, 11) is 0. The minimum absolute atomic E-state index is 0.0236. The first-order valence-corrected chi connectivity index (χ1v) is 9.69. The molecule has 3 aliphatic carbocycles. The number of esters is 1. The van der Waals surface area contributed by atoms with Crippen molar-refractivity contribution in [2.45, 2.75) is 89.4 Å². The van der Waals surface area contributed by atoms with Crippen LogP contribution in [0.2, 0.25) is 0 Å². The van der Waals surface area contributed by atoms with Crippen molar-refractivity contribution in [2.24, 2.45) is 17.8 Å². The molecular weight excluding hydrogens is 292 g/mol. The summed E-state index contributed by atoms with van der Waals surface area (Å²) in [5, 5.41) is 10.7. The summed E-state index contributed by atoms with van der Waals surface area (Å²) < 4.78 is 11.4. The van der Waals surface area contributed by atoms with E-state index in [1.54, 1.807) is 0 Å². The SMILES string of the molecule is CCOC1CCC(OC(=O)C2CCC3CCCCC3C2O)CC1. The first-order chi connectivity index (χ1) is 11.2. The van der Waals surface area contributed by atoms with E-state index in [1.165, 1.54) is 19.3 Å². The van der Waals surface area contributed by atoms with Crippen LogP contribution in [0.4, 0.5) is 0 Å². The molecule has 0 heterocycles. The highest BCUT2D eigenvalue weighted by molar-refractivity contribution is 5.73. The van der Waals surface area contributed by atoms with Gasteiger partial charge in [0.05, 0.1) is 18.1 Å². The summed E-state index contributed by atoms with van der Waals surface area (Å²) in [5.41, 5.74) is 0. The first kappa shape index (κ1) is 17.2. The summed E-state index contributed by atoms with van der Waals surface area (Å²) in [6.07, 6.45) is 10.3. The van der Waals surface area contributed by atoms with E-state index in [0.29, 0.717) is 17.9 Å². The van der Waals surface area contributed by atoms with Gasteiger partial charge in [-0.25, -0.2) is 0 Å². The molecule has 0 aromatic rings. The molecule has 1 N–H and O–H groups in total. The van der Waals surface area contributed by atoms with Crippen LogP contribution >= 0.6 is 0 Å². The number of carbonyl (C=O) groups excluding carboxylic acids is 1. The van der Waals surface area contributed by atoms with Crippen LogP contribution in [0.5, 0.6) is 0 Å². The Balaban J connectivity index is 1.48. The smallest absolute Gasteiger partial charge is 0.311 e. The Labute approximate surface area is 139 Å². The Morgan fingerprint density at radius 1 is 0.957 bits per heavy atom. The molecule has 0 spiro atoms. The van der Waals surface area contributed by atoms with Gasteiger partial charge in [0.1, 0.15) is 6.10 Å². The van der Waals surface area contributed by atoms with Gasteiger partial charge in [-0.15, -0.1) is 0 Å². The Morgan fingerprint density at radius 2 is 1.65 bits per heavy atom. The Bertz CT molecular complexity index is 389. The van der Waals surface area contributed by atoms with Crippen molar-refractivity contribution in [1.29, 1.82) is 0 Å². The molecule has 132 valence electrons. The number of hydrogen-bond donors (Lipinski definition) is 1. The molecule has 4 heteroatoms. The quantitative estimate of drug-likeness (QED) is 0.805. The maximum Gasteiger partial charge on any atom is 0.311 e. The molecular formula is C19H32O4. The van der Waals surface area contributed by atoms with Gasteiger partial charge in [-0.05, 0) is 63.7 Å². The molecule has 0 radical (unpaired) electrons. The highest BCUT2D eigenvalue weighted by Crippen LogP contribution is 2.43. The van der Waals surface area contributed by atoms with Crippen LogP contribution in [-0.4, -0.2) is 36.0 Å². The number of rotatable bonds is 4. The summed E-state index contributed by atoms with van der Waals surface area (Å²) in [6, 6.07) is 0. The average Bonchev–Trinajstić information content (AvgIpc) is 2.57. The van der Waals surface area contributed by atoms with Gasteiger partial charge < -0.3 is 14.6 Å². The lowest BCUT2D eigenvalue weighted by Crippen LogP contribution is -2.45. The number of hydrogen-bond acceptors (Lipinski definition) is 4. The molecule has 3 rings (SSSR count). The van der Waals surface area contributed by atoms with Crippen molar-refractivity contribution in [2.75, 3.05) is 6.61 Å². The zero-order valence-corrected chi connectivity index (χ0v) is 14.4. The second kappa shape index (κ2) is 7.98. The Hall–Kier alpha value is -0.610. The minimum atomic E-state index is -0.485. The summed E-state index contributed by atoms with van der Waals surface area (Å²) in [5.74, 6) is 0.508. The molecule has 0 amide bonds. The van der Waals surface area contributed by atoms with E-state index in [4.69, 9.17) is 9.47 Å². The van der Waals surface area contributed by atoms with Crippen molar-refractivity contribution in [3.63, 3.8) is 0 Å². The highest BCUT2D eigenvalue weighted by Gasteiger charge is 2.43. The van der Waals surface area contributed by atoms with Gasteiger partial charge in [0.25, 0.3) is 0 Å². The fourth-order valence-corrected chi connectivity index (χ4v) is 4.97. The van der Waals surface area contributed by atoms with Gasteiger partial charge in [0.2, 0.25) is 0 Å². The zero-order chi connectivity index (χ0) is 16.2. The van der Waals surface area contributed by atoms with Gasteiger partial charge in [-0.3, -0.25) is 4.79 Å². The van der Waals surface area contributed by atoms with Crippen molar-refractivity contribution < 1.29 is 19.4 Å². The number of carbonyl (C=O) groups is 1. The zero-order valence-electron chi connectivity index (χ0n) is 14.4. The molecule has 0 aliphatic heterocycles. The molecule has 0 saturated heterocycles. The van der Waals surface area contributed by atoms with Crippen molar-refractivity contribution in [3.05, 3.63) is 0 Å². The maximum atomic E-state index is 12.5. The third-order valence-corrected chi connectivity index (χ3v) is 6.28. The van der Waals surface area contributed by atoms with Crippen molar-refractivity contribution >= 4 is 5.97 Å². The third-order valence-electron chi connectivity index (χ3n) is 6.28. The van der Waals surface area contributed by atoms with Gasteiger partial charge in [-0.2, -0.15) is 0 Å². The molecule has 0 aromatic heterocycles. The van der Waals surface area contributed by atoms with Crippen LogP contribution in [0.3, 0.4) is 0 Å². The lowest BCUT2D eigenvalue weighted by Gasteiger charge is -2.42. The standard InChI is InChI=1S/C19H32O4/c1-2-22-14-8-10-15(11-9-14)23-19(21)17-12-7-13-5-3-4-6-16(13)18(17)20/h13-18,20H,2-12H2,1H3. The molecule has 4 nitrogen and oxygen atoms in total. The fourth-order valence-electron chi connectivity index (χ4n) is 4.97. The molecule has 3 saturated carbocycles. The molecule has 23 heavy (non-hydrogen) atoms. The number of fused-ring (bicyclic) bond motifs is 1. The van der Waals surface area contributed by atoms with Crippen LogP contribution in [0.25, 0.3) is 0 Å². The monoisotopic (exact) mass is 324 g/mol. The van der Waals surface area contributed by atoms with Gasteiger partial charge in [0.15, 0.2) is 0 Å². The predicted molar refractivity (Wildman–Crippen MR) is 87.9 cm³/mol. The van der Waals surface area contributed by atoms with E-state index >= 15 is 0 Å². The van der Waals surface area contributed by atoms with E-state index in [-0.39, 0.29) is 18.0 Å². The molecule has 3 fully saturated rings. The van der Waals surface area contributed by atoms with E-state index in [1.807, 2.05) is 6.92 Å². The second-order valence-corrected chi connectivity index (χ2v) is 7.67. The van der Waals surface area contributed by atoms with Crippen LogP contribution in [-0.2, 0) is 14.3 Å². The van der Waals surface area contributed by atoms with Gasteiger partial charge in [0, 0.05) is 6.61 Å². The average molecular weight is 324 g/mol. The molecule has 0 bridgehead atoms. The number of ether oxygens (including phenoxy) is 2. The van der Waals surface area contributed by atoms with Crippen LogP contribution < -0.4 is 0 Å². The number of aliphatic hydroxyl groups is 1. The normalized spacial score (nSPS) is 41.1. The summed E-state index contributed by atoms with van der Waals surface area (Å²) >= 11 is 0. The fraction of sp³-hybridized carbons (Fsp3) is 0.947. The lowest BCUT2D eigenvalue weighted by atomic mass is 9.66. The predicted octanol–water partition coefficient (Wildman–Crippen LogP) is 3.45. The van der Waals surface area contributed by atoms with Gasteiger partial charge >= 0.3 is 5.97 Å². The second-order valence-electron chi connectivity index (χ2n) is 7.67. The van der Waals surface area contributed by atoms with Crippen LogP contribution in [0, 0.1) is 17.8 Å². The molecule has 3 aliphatic rings. The largest absolute Gasteiger partial charge is 0.462 e. The molecule has 0 aromatic carbocycles. The molecule has 4 unspecified atom stereocenters. The Kier molecular flexibility index (Phi) is 5.97. The van der Waals surface area contributed by atoms with Crippen LogP contribution in [0.1, 0.15) is 71.1 Å². The minimum Gasteiger partial charge on any atom is -0.462 e. The van der Waals surface area contributed by atoms with Crippen molar-refractivity contribution in [3.8, 4) is 0 Å². The summed E-state index contributed by atoms with van der Waals surface area (Å²) in [4.78, 5) is 12.5. The Morgan fingerprint density at radius 3 is 2.39 bits per heavy atom. The lowest BCUT2D eigenvalue weighted by molar-refractivity contribution is -0.167.